The number of hydrogen-bond donors (Lipinski definition) is 1. The molecule has 3 nitrogen and oxygen atoms in total. The Labute approximate surface area is 75.1 Å². The standard InChI is InChI=1S/C9H20N2O/c1-5-8(6-2)10-9(12)11(4)7-3/h8H,5-7H2,1-4H3,(H,10,12). The molecule has 0 aliphatic carbocycles. The molecule has 12 heavy (non-hydrogen) atoms. The Kier molecular flexibility index (Phi) is 5.51. The van der Waals surface area contributed by atoms with Crippen molar-refractivity contribution in [2.24, 2.45) is 0 Å². The fourth-order valence-corrected chi connectivity index (χ4v) is 0.921. The molecule has 72 valence electrons. The zero-order chi connectivity index (χ0) is 9.56. The molecule has 0 rings (SSSR count). The molecule has 2 amide bonds. The summed E-state index contributed by atoms with van der Waals surface area (Å²) in [5.74, 6) is 0. The van der Waals surface area contributed by atoms with Gasteiger partial charge in [0, 0.05) is 19.6 Å². The molecule has 0 aromatic rings. The van der Waals surface area contributed by atoms with Gasteiger partial charge in [0.2, 0.25) is 0 Å². The van der Waals surface area contributed by atoms with Crippen molar-refractivity contribution in [1.29, 1.82) is 0 Å². The molecular weight excluding hydrogens is 152 g/mol. The molecule has 0 unspecified atom stereocenters. The van der Waals surface area contributed by atoms with E-state index in [0.717, 1.165) is 19.4 Å². The highest BCUT2D eigenvalue weighted by molar-refractivity contribution is 5.74. The van der Waals surface area contributed by atoms with E-state index in [1.807, 2.05) is 6.92 Å². The van der Waals surface area contributed by atoms with Crippen molar-refractivity contribution in [3.8, 4) is 0 Å². The second-order valence-corrected chi connectivity index (χ2v) is 2.98. The van der Waals surface area contributed by atoms with Crippen molar-refractivity contribution in [2.45, 2.75) is 39.7 Å². The van der Waals surface area contributed by atoms with Crippen LogP contribution in [0.25, 0.3) is 0 Å². The molecule has 0 aliphatic heterocycles. The van der Waals surface area contributed by atoms with E-state index in [9.17, 15) is 4.79 Å². The number of urea groups is 1. The van der Waals surface area contributed by atoms with Gasteiger partial charge in [0.25, 0.3) is 0 Å². The van der Waals surface area contributed by atoms with Crippen molar-refractivity contribution in [1.82, 2.24) is 10.2 Å². The minimum Gasteiger partial charge on any atom is -0.335 e. The normalized spacial score (nSPS) is 10.1. The van der Waals surface area contributed by atoms with Gasteiger partial charge in [0.05, 0.1) is 0 Å². The van der Waals surface area contributed by atoms with Crippen LogP contribution in [0.15, 0.2) is 0 Å². The summed E-state index contributed by atoms with van der Waals surface area (Å²) in [7, 11) is 1.80. The molecular formula is C9H20N2O. The molecule has 0 spiro atoms. The quantitative estimate of drug-likeness (QED) is 0.689. The van der Waals surface area contributed by atoms with Gasteiger partial charge in [0.1, 0.15) is 0 Å². The predicted molar refractivity (Wildman–Crippen MR) is 51.2 cm³/mol. The van der Waals surface area contributed by atoms with Crippen LogP contribution in [-0.2, 0) is 0 Å². The Morgan fingerprint density at radius 1 is 1.33 bits per heavy atom. The van der Waals surface area contributed by atoms with Crippen LogP contribution < -0.4 is 5.32 Å². The number of amides is 2. The van der Waals surface area contributed by atoms with E-state index in [-0.39, 0.29) is 6.03 Å². The second kappa shape index (κ2) is 5.86. The van der Waals surface area contributed by atoms with Crippen LogP contribution in [0.1, 0.15) is 33.6 Å². The number of nitrogens with zero attached hydrogens (tertiary/aromatic N) is 1. The molecule has 0 aromatic heterocycles. The monoisotopic (exact) mass is 172 g/mol. The number of rotatable bonds is 4. The van der Waals surface area contributed by atoms with Gasteiger partial charge in [-0.2, -0.15) is 0 Å². The van der Waals surface area contributed by atoms with Crippen LogP contribution in [0, 0.1) is 0 Å². The minimum absolute atomic E-state index is 0.0335. The largest absolute Gasteiger partial charge is 0.335 e. The Balaban J connectivity index is 3.81. The van der Waals surface area contributed by atoms with Gasteiger partial charge in [0.15, 0.2) is 0 Å². The number of carbonyl (C=O) groups excluding carboxylic acids is 1. The van der Waals surface area contributed by atoms with Gasteiger partial charge in [-0.25, -0.2) is 4.79 Å². The molecule has 1 N–H and O–H groups in total. The summed E-state index contributed by atoms with van der Waals surface area (Å²) in [6.07, 6.45) is 2.00. The summed E-state index contributed by atoms with van der Waals surface area (Å²) in [5.41, 5.74) is 0. The molecule has 0 aromatic carbocycles. The summed E-state index contributed by atoms with van der Waals surface area (Å²) in [4.78, 5) is 13.0. The summed E-state index contributed by atoms with van der Waals surface area (Å²) < 4.78 is 0. The molecule has 0 bridgehead atoms. The Hall–Kier alpha value is -0.730. The third kappa shape index (κ3) is 3.60. The van der Waals surface area contributed by atoms with Crippen LogP contribution in [0.2, 0.25) is 0 Å². The molecule has 0 saturated carbocycles. The topological polar surface area (TPSA) is 32.3 Å². The third-order valence-electron chi connectivity index (χ3n) is 2.13. The minimum atomic E-state index is 0.0335. The van der Waals surface area contributed by atoms with Crippen LogP contribution in [0.3, 0.4) is 0 Å². The van der Waals surface area contributed by atoms with Gasteiger partial charge in [-0.3, -0.25) is 0 Å². The lowest BCUT2D eigenvalue weighted by molar-refractivity contribution is 0.206. The Morgan fingerprint density at radius 2 is 1.83 bits per heavy atom. The lowest BCUT2D eigenvalue weighted by Crippen LogP contribution is -2.42. The van der Waals surface area contributed by atoms with E-state index in [4.69, 9.17) is 0 Å². The number of carbonyl (C=O) groups is 1. The molecule has 0 saturated heterocycles. The first kappa shape index (κ1) is 11.3. The lowest BCUT2D eigenvalue weighted by atomic mass is 10.2. The summed E-state index contributed by atoms with van der Waals surface area (Å²) >= 11 is 0. The zero-order valence-electron chi connectivity index (χ0n) is 8.55. The van der Waals surface area contributed by atoms with E-state index in [1.54, 1.807) is 11.9 Å². The average molecular weight is 172 g/mol. The first-order chi connectivity index (χ1) is 5.65. The summed E-state index contributed by atoms with van der Waals surface area (Å²) in [6.45, 7) is 6.89. The van der Waals surface area contributed by atoms with Gasteiger partial charge >= 0.3 is 6.03 Å². The highest BCUT2D eigenvalue weighted by atomic mass is 16.2. The molecule has 3 heteroatoms. The zero-order valence-corrected chi connectivity index (χ0v) is 8.55. The summed E-state index contributed by atoms with van der Waals surface area (Å²) in [6, 6.07) is 0.359. The molecule has 0 radical (unpaired) electrons. The van der Waals surface area contributed by atoms with Crippen molar-refractivity contribution >= 4 is 6.03 Å². The van der Waals surface area contributed by atoms with Gasteiger partial charge in [-0.1, -0.05) is 13.8 Å². The van der Waals surface area contributed by atoms with Crippen LogP contribution >= 0.6 is 0 Å². The van der Waals surface area contributed by atoms with Gasteiger partial charge in [-0.15, -0.1) is 0 Å². The van der Waals surface area contributed by atoms with Crippen molar-refractivity contribution in [2.75, 3.05) is 13.6 Å². The van der Waals surface area contributed by atoms with E-state index in [0.29, 0.717) is 6.04 Å². The fourth-order valence-electron chi connectivity index (χ4n) is 0.921. The molecule has 0 heterocycles. The summed E-state index contributed by atoms with van der Waals surface area (Å²) in [5, 5.41) is 2.95. The Bertz CT molecular complexity index is 132. The van der Waals surface area contributed by atoms with E-state index < -0.39 is 0 Å². The van der Waals surface area contributed by atoms with Crippen LogP contribution in [0.4, 0.5) is 4.79 Å². The van der Waals surface area contributed by atoms with Gasteiger partial charge < -0.3 is 10.2 Å². The Morgan fingerprint density at radius 3 is 2.17 bits per heavy atom. The van der Waals surface area contributed by atoms with Gasteiger partial charge in [-0.05, 0) is 19.8 Å². The fraction of sp³-hybridized carbons (Fsp3) is 0.889. The SMILES string of the molecule is CCC(CC)NC(=O)N(C)CC. The molecule has 0 fully saturated rings. The highest BCUT2D eigenvalue weighted by Gasteiger charge is 2.10. The maximum Gasteiger partial charge on any atom is 0.317 e. The van der Waals surface area contributed by atoms with E-state index in [2.05, 4.69) is 19.2 Å². The van der Waals surface area contributed by atoms with Crippen molar-refractivity contribution in [3.63, 3.8) is 0 Å². The van der Waals surface area contributed by atoms with Crippen molar-refractivity contribution in [3.05, 3.63) is 0 Å². The third-order valence-corrected chi connectivity index (χ3v) is 2.13. The van der Waals surface area contributed by atoms with Crippen LogP contribution in [-0.4, -0.2) is 30.6 Å². The molecule has 0 atom stereocenters. The average Bonchev–Trinajstić information content (AvgIpc) is 2.12. The molecule has 0 aliphatic rings. The highest BCUT2D eigenvalue weighted by Crippen LogP contribution is 1.96. The first-order valence-electron chi connectivity index (χ1n) is 4.67. The number of hydrogen-bond acceptors (Lipinski definition) is 1. The number of nitrogens with one attached hydrogen (secondary N) is 1. The second-order valence-electron chi connectivity index (χ2n) is 2.98. The van der Waals surface area contributed by atoms with Crippen LogP contribution in [0.5, 0.6) is 0 Å². The van der Waals surface area contributed by atoms with E-state index >= 15 is 0 Å². The smallest absolute Gasteiger partial charge is 0.317 e. The predicted octanol–water partition coefficient (Wildman–Crippen LogP) is 1.84. The maximum absolute atomic E-state index is 11.3. The van der Waals surface area contributed by atoms with E-state index in [1.165, 1.54) is 0 Å². The maximum atomic E-state index is 11.3. The lowest BCUT2D eigenvalue weighted by Gasteiger charge is -2.20. The first-order valence-corrected chi connectivity index (χ1v) is 4.67. The van der Waals surface area contributed by atoms with Crippen molar-refractivity contribution < 1.29 is 4.79 Å².